The van der Waals surface area contributed by atoms with Crippen LogP contribution in [0.15, 0.2) is 59.8 Å². The SMILES string of the molecule is Cc1ccccc1OCc1nnc(S[C@H](C)C(=O)O)n1Cc1ccccc1. The van der Waals surface area contributed by atoms with Gasteiger partial charge in [0, 0.05) is 0 Å². The van der Waals surface area contributed by atoms with Gasteiger partial charge in [-0.2, -0.15) is 0 Å². The summed E-state index contributed by atoms with van der Waals surface area (Å²) < 4.78 is 7.83. The number of aryl methyl sites for hydroxylation is 1. The molecule has 3 aromatic rings. The third kappa shape index (κ3) is 4.89. The number of aliphatic carboxylic acids is 1. The highest BCUT2D eigenvalue weighted by atomic mass is 32.2. The van der Waals surface area contributed by atoms with Gasteiger partial charge >= 0.3 is 5.97 Å². The summed E-state index contributed by atoms with van der Waals surface area (Å²) in [5.74, 6) is 0.564. The number of hydrogen-bond acceptors (Lipinski definition) is 5. The van der Waals surface area contributed by atoms with Crippen molar-refractivity contribution in [1.29, 1.82) is 0 Å². The number of para-hydroxylation sites is 1. The molecule has 0 aliphatic rings. The quantitative estimate of drug-likeness (QED) is 0.597. The average molecular weight is 383 g/mol. The van der Waals surface area contributed by atoms with Gasteiger partial charge in [0.2, 0.25) is 0 Å². The fourth-order valence-electron chi connectivity index (χ4n) is 2.51. The van der Waals surface area contributed by atoms with Crippen LogP contribution in [-0.4, -0.2) is 31.1 Å². The van der Waals surface area contributed by atoms with Crippen molar-refractivity contribution in [3.8, 4) is 5.75 Å². The molecule has 0 unspecified atom stereocenters. The van der Waals surface area contributed by atoms with Crippen LogP contribution in [0.25, 0.3) is 0 Å². The molecule has 0 amide bonds. The van der Waals surface area contributed by atoms with Crippen molar-refractivity contribution in [2.45, 2.75) is 37.4 Å². The molecule has 6 nitrogen and oxygen atoms in total. The standard InChI is InChI=1S/C20H21N3O3S/c1-14-8-6-7-11-17(14)26-13-18-21-22-20(27-15(2)19(24)25)23(18)12-16-9-4-3-5-10-16/h3-11,15H,12-13H2,1-2H3,(H,24,25)/t15-/m1/s1. The number of ether oxygens (including phenoxy) is 1. The van der Waals surface area contributed by atoms with Gasteiger partial charge in [0.05, 0.1) is 6.54 Å². The maximum Gasteiger partial charge on any atom is 0.316 e. The van der Waals surface area contributed by atoms with E-state index >= 15 is 0 Å². The van der Waals surface area contributed by atoms with Crippen LogP contribution in [0.1, 0.15) is 23.9 Å². The first-order valence-electron chi connectivity index (χ1n) is 8.58. The number of carbonyl (C=O) groups is 1. The van der Waals surface area contributed by atoms with E-state index in [4.69, 9.17) is 4.74 Å². The van der Waals surface area contributed by atoms with E-state index < -0.39 is 11.2 Å². The number of nitrogens with zero attached hydrogens (tertiary/aromatic N) is 3. The van der Waals surface area contributed by atoms with Crippen LogP contribution in [0.5, 0.6) is 5.75 Å². The summed E-state index contributed by atoms with van der Waals surface area (Å²) in [5, 5.41) is 17.6. The van der Waals surface area contributed by atoms with Crippen molar-refractivity contribution in [1.82, 2.24) is 14.8 Å². The number of benzene rings is 2. The minimum atomic E-state index is -0.882. The lowest BCUT2D eigenvalue weighted by Crippen LogP contribution is -2.14. The van der Waals surface area contributed by atoms with Gasteiger partial charge in [0.25, 0.3) is 0 Å². The first-order valence-corrected chi connectivity index (χ1v) is 9.46. The van der Waals surface area contributed by atoms with Crippen LogP contribution in [0.4, 0.5) is 0 Å². The lowest BCUT2D eigenvalue weighted by atomic mass is 10.2. The molecule has 1 heterocycles. The Hall–Kier alpha value is -2.80. The number of thioether (sulfide) groups is 1. The molecule has 0 radical (unpaired) electrons. The molecule has 0 saturated heterocycles. The van der Waals surface area contributed by atoms with Gasteiger partial charge in [0.1, 0.15) is 17.6 Å². The number of carboxylic acid groups (broad SMARTS) is 1. The Morgan fingerprint density at radius 1 is 1.15 bits per heavy atom. The molecule has 0 saturated carbocycles. The zero-order chi connectivity index (χ0) is 19.2. The summed E-state index contributed by atoms with van der Waals surface area (Å²) in [5.41, 5.74) is 2.12. The molecule has 1 atom stereocenters. The predicted molar refractivity (Wildman–Crippen MR) is 104 cm³/mol. The average Bonchev–Trinajstić information content (AvgIpc) is 3.03. The van der Waals surface area contributed by atoms with Crippen molar-refractivity contribution in [2.24, 2.45) is 0 Å². The first kappa shape index (κ1) is 19.0. The molecular formula is C20H21N3O3S. The summed E-state index contributed by atoms with van der Waals surface area (Å²) >= 11 is 1.18. The van der Waals surface area contributed by atoms with Gasteiger partial charge < -0.3 is 9.84 Å². The molecule has 1 aromatic heterocycles. The van der Waals surface area contributed by atoms with Crippen LogP contribution in [-0.2, 0) is 17.9 Å². The third-order valence-corrected chi connectivity index (χ3v) is 5.13. The van der Waals surface area contributed by atoms with Gasteiger partial charge in [-0.15, -0.1) is 10.2 Å². The van der Waals surface area contributed by atoms with E-state index in [9.17, 15) is 9.90 Å². The second-order valence-electron chi connectivity index (χ2n) is 6.12. The Labute approximate surface area is 162 Å². The van der Waals surface area contributed by atoms with E-state index in [0.717, 1.165) is 16.9 Å². The minimum absolute atomic E-state index is 0.257. The zero-order valence-electron chi connectivity index (χ0n) is 15.2. The van der Waals surface area contributed by atoms with E-state index in [2.05, 4.69) is 10.2 Å². The number of hydrogen-bond donors (Lipinski definition) is 1. The molecule has 0 bridgehead atoms. The van der Waals surface area contributed by atoms with Gasteiger partial charge in [-0.1, -0.05) is 60.3 Å². The smallest absolute Gasteiger partial charge is 0.316 e. The van der Waals surface area contributed by atoms with Crippen molar-refractivity contribution >= 4 is 17.7 Å². The highest BCUT2D eigenvalue weighted by molar-refractivity contribution is 8.00. The molecule has 7 heteroatoms. The van der Waals surface area contributed by atoms with Gasteiger partial charge in [-0.25, -0.2) is 0 Å². The van der Waals surface area contributed by atoms with E-state index in [0.29, 0.717) is 17.5 Å². The molecular weight excluding hydrogens is 362 g/mol. The monoisotopic (exact) mass is 383 g/mol. The van der Waals surface area contributed by atoms with Gasteiger partial charge in [-0.05, 0) is 31.0 Å². The van der Waals surface area contributed by atoms with Crippen LogP contribution in [0.2, 0.25) is 0 Å². The normalized spacial score (nSPS) is 11.9. The Morgan fingerprint density at radius 2 is 1.85 bits per heavy atom. The molecule has 27 heavy (non-hydrogen) atoms. The van der Waals surface area contributed by atoms with Crippen LogP contribution < -0.4 is 4.74 Å². The molecule has 140 valence electrons. The molecule has 0 aliphatic heterocycles. The van der Waals surface area contributed by atoms with Crippen molar-refractivity contribution < 1.29 is 14.6 Å². The molecule has 0 spiro atoms. The lowest BCUT2D eigenvalue weighted by molar-refractivity contribution is -0.136. The number of rotatable bonds is 8. The summed E-state index contributed by atoms with van der Waals surface area (Å²) in [4.78, 5) is 11.2. The fourth-order valence-corrected chi connectivity index (χ4v) is 3.31. The Kier molecular flexibility index (Phi) is 6.13. The first-order chi connectivity index (χ1) is 13.0. The largest absolute Gasteiger partial charge is 0.485 e. The zero-order valence-corrected chi connectivity index (χ0v) is 16.0. The molecule has 0 aliphatic carbocycles. The Balaban J connectivity index is 1.84. The lowest BCUT2D eigenvalue weighted by Gasteiger charge is -2.13. The highest BCUT2D eigenvalue weighted by Gasteiger charge is 2.20. The van der Waals surface area contributed by atoms with Crippen molar-refractivity contribution in [3.63, 3.8) is 0 Å². The van der Waals surface area contributed by atoms with Gasteiger partial charge in [-0.3, -0.25) is 9.36 Å². The second-order valence-corrected chi connectivity index (χ2v) is 7.43. The van der Waals surface area contributed by atoms with Crippen molar-refractivity contribution in [2.75, 3.05) is 0 Å². The van der Waals surface area contributed by atoms with Crippen molar-refractivity contribution in [3.05, 3.63) is 71.5 Å². The molecule has 1 N–H and O–H groups in total. The molecule has 2 aromatic carbocycles. The highest BCUT2D eigenvalue weighted by Crippen LogP contribution is 2.24. The fraction of sp³-hybridized carbons (Fsp3) is 0.250. The maximum absolute atomic E-state index is 11.2. The topological polar surface area (TPSA) is 77.2 Å². The summed E-state index contributed by atoms with van der Waals surface area (Å²) in [7, 11) is 0. The summed E-state index contributed by atoms with van der Waals surface area (Å²) in [6.07, 6.45) is 0. The summed E-state index contributed by atoms with van der Waals surface area (Å²) in [6.45, 7) is 4.43. The van der Waals surface area contributed by atoms with Crippen LogP contribution in [0.3, 0.4) is 0 Å². The number of aromatic nitrogens is 3. The molecule has 3 rings (SSSR count). The maximum atomic E-state index is 11.2. The van der Waals surface area contributed by atoms with E-state index in [1.54, 1.807) is 6.92 Å². The Bertz CT molecular complexity index is 912. The van der Waals surface area contributed by atoms with Crippen LogP contribution >= 0.6 is 11.8 Å². The molecule has 0 fully saturated rings. The minimum Gasteiger partial charge on any atom is -0.485 e. The summed E-state index contributed by atoms with van der Waals surface area (Å²) in [6, 6.07) is 17.7. The van der Waals surface area contributed by atoms with E-state index in [1.165, 1.54) is 11.8 Å². The predicted octanol–water partition coefficient (Wildman–Crippen LogP) is 3.78. The number of carboxylic acids is 1. The second kappa shape index (κ2) is 8.73. The third-order valence-electron chi connectivity index (χ3n) is 4.06. The van der Waals surface area contributed by atoms with E-state index in [1.807, 2.05) is 66.1 Å². The van der Waals surface area contributed by atoms with Gasteiger partial charge in [0.15, 0.2) is 11.0 Å². The van der Waals surface area contributed by atoms with Crippen LogP contribution in [0, 0.1) is 6.92 Å². The van der Waals surface area contributed by atoms with E-state index in [-0.39, 0.29) is 6.61 Å². The Morgan fingerprint density at radius 3 is 2.56 bits per heavy atom.